The molecule has 9 heteroatoms. The third-order valence-electron chi connectivity index (χ3n) is 3.60. The van der Waals surface area contributed by atoms with Gasteiger partial charge in [-0.3, -0.25) is 4.79 Å². The lowest BCUT2D eigenvalue weighted by molar-refractivity contribution is -0.114. The molecule has 0 aliphatic carbocycles. The fraction of sp³-hybridized carbons (Fsp3) is 0.0526. The fourth-order valence-electron chi connectivity index (χ4n) is 2.31. The van der Waals surface area contributed by atoms with Crippen molar-refractivity contribution in [3.63, 3.8) is 0 Å². The minimum Gasteiger partial charge on any atom is -0.437 e. The van der Waals surface area contributed by atoms with E-state index in [-0.39, 0.29) is 17.9 Å². The lowest BCUT2D eigenvalue weighted by atomic mass is 10.1. The summed E-state index contributed by atoms with van der Waals surface area (Å²) in [5.41, 5.74) is 12.4. The van der Waals surface area contributed by atoms with Gasteiger partial charge in [0.2, 0.25) is 17.7 Å². The quantitative estimate of drug-likeness (QED) is 0.523. The summed E-state index contributed by atoms with van der Waals surface area (Å²) < 4.78 is 5.65. The van der Waals surface area contributed by atoms with E-state index in [0.29, 0.717) is 33.9 Å². The number of halogens is 1. The number of nitrogens with zero attached hydrogens (tertiary/aromatic N) is 3. The van der Waals surface area contributed by atoms with E-state index < -0.39 is 5.91 Å². The van der Waals surface area contributed by atoms with E-state index in [1.165, 1.54) is 0 Å². The molecule has 3 rings (SSSR count). The van der Waals surface area contributed by atoms with Crippen molar-refractivity contribution in [1.82, 2.24) is 15.0 Å². The smallest absolute Gasteiger partial charge is 0.244 e. The summed E-state index contributed by atoms with van der Waals surface area (Å²) in [6.07, 6.45) is 1.80. The maximum atomic E-state index is 11.2. The average molecular weight is 397 g/mol. The summed E-state index contributed by atoms with van der Waals surface area (Å²) in [7, 11) is 0. The topological polar surface area (TPSA) is 129 Å². The second-order valence-electron chi connectivity index (χ2n) is 5.79. The SMILES string of the molecule is C=C(Cc1cc(Nc2ccc(Oc3ccccn3)c(Cl)c2)nc(N)n1)C(N)=O. The van der Waals surface area contributed by atoms with E-state index in [0.717, 1.165) is 0 Å². The largest absolute Gasteiger partial charge is 0.437 e. The summed E-state index contributed by atoms with van der Waals surface area (Å²) in [5, 5.41) is 3.48. The maximum absolute atomic E-state index is 11.2. The molecule has 2 aromatic heterocycles. The Bertz CT molecular complexity index is 1030. The number of hydrogen-bond donors (Lipinski definition) is 3. The molecule has 0 unspecified atom stereocenters. The Morgan fingerprint density at radius 2 is 2.04 bits per heavy atom. The molecule has 0 fully saturated rings. The number of hydrogen-bond acceptors (Lipinski definition) is 7. The fourth-order valence-corrected chi connectivity index (χ4v) is 2.53. The number of anilines is 3. The van der Waals surface area contributed by atoms with Crippen LogP contribution in [-0.4, -0.2) is 20.9 Å². The molecule has 5 N–H and O–H groups in total. The Morgan fingerprint density at radius 1 is 1.21 bits per heavy atom. The number of amides is 1. The Morgan fingerprint density at radius 3 is 2.71 bits per heavy atom. The second-order valence-corrected chi connectivity index (χ2v) is 6.19. The van der Waals surface area contributed by atoms with Crippen LogP contribution >= 0.6 is 11.6 Å². The van der Waals surface area contributed by atoms with Crippen LogP contribution in [0.4, 0.5) is 17.5 Å². The zero-order valence-electron chi connectivity index (χ0n) is 14.7. The van der Waals surface area contributed by atoms with Gasteiger partial charge >= 0.3 is 0 Å². The number of pyridine rings is 1. The minimum absolute atomic E-state index is 0.0541. The van der Waals surface area contributed by atoms with Gasteiger partial charge in [0.15, 0.2) is 0 Å². The van der Waals surface area contributed by atoms with Gasteiger partial charge in [0.1, 0.15) is 11.6 Å². The average Bonchev–Trinajstić information content (AvgIpc) is 2.64. The molecular formula is C19H17ClN6O2. The Kier molecular flexibility index (Phi) is 5.71. The van der Waals surface area contributed by atoms with E-state index >= 15 is 0 Å². The number of carbonyl (C=O) groups is 1. The van der Waals surface area contributed by atoms with Crippen molar-refractivity contribution in [3.05, 3.63) is 71.5 Å². The third kappa shape index (κ3) is 4.95. The number of nitrogen functional groups attached to an aromatic ring is 1. The van der Waals surface area contributed by atoms with E-state index in [4.69, 9.17) is 27.8 Å². The van der Waals surface area contributed by atoms with Crippen molar-refractivity contribution in [2.75, 3.05) is 11.1 Å². The molecule has 0 aliphatic rings. The van der Waals surface area contributed by atoms with Crippen LogP contribution in [0, 0.1) is 0 Å². The molecule has 0 radical (unpaired) electrons. The molecule has 142 valence electrons. The first-order chi connectivity index (χ1) is 13.4. The first kappa shape index (κ1) is 19.1. The number of nitrogens with two attached hydrogens (primary N) is 2. The molecule has 0 bridgehead atoms. The second kappa shape index (κ2) is 8.36. The number of nitrogens with one attached hydrogen (secondary N) is 1. The highest BCUT2D eigenvalue weighted by atomic mass is 35.5. The molecule has 0 saturated heterocycles. The number of carbonyl (C=O) groups excluding carboxylic acids is 1. The first-order valence-corrected chi connectivity index (χ1v) is 8.55. The molecule has 0 atom stereocenters. The lowest BCUT2D eigenvalue weighted by Gasteiger charge is -2.11. The Hall–Kier alpha value is -3.65. The Labute approximate surface area is 166 Å². The van der Waals surface area contributed by atoms with Gasteiger partial charge in [0.25, 0.3) is 0 Å². The summed E-state index contributed by atoms with van der Waals surface area (Å²) in [4.78, 5) is 23.5. The van der Waals surface area contributed by atoms with E-state index in [1.807, 2.05) is 6.07 Å². The van der Waals surface area contributed by atoms with Crippen molar-refractivity contribution in [2.45, 2.75) is 6.42 Å². The third-order valence-corrected chi connectivity index (χ3v) is 3.89. The summed E-state index contributed by atoms with van der Waals surface area (Å²) in [6, 6.07) is 12.1. The van der Waals surface area contributed by atoms with Gasteiger partial charge in [-0.25, -0.2) is 9.97 Å². The van der Waals surface area contributed by atoms with Crippen molar-refractivity contribution in [1.29, 1.82) is 0 Å². The van der Waals surface area contributed by atoms with Crippen LogP contribution < -0.4 is 21.5 Å². The summed E-state index contributed by atoms with van der Waals surface area (Å²) in [5.74, 6) is 0.800. The molecule has 8 nitrogen and oxygen atoms in total. The molecule has 0 spiro atoms. The number of ether oxygens (including phenoxy) is 1. The van der Waals surface area contributed by atoms with Crippen LogP contribution in [0.3, 0.4) is 0 Å². The highest BCUT2D eigenvalue weighted by Crippen LogP contribution is 2.31. The van der Waals surface area contributed by atoms with Gasteiger partial charge in [-0.2, -0.15) is 4.98 Å². The minimum atomic E-state index is -0.595. The number of benzene rings is 1. The molecule has 0 saturated carbocycles. The van der Waals surface area contributed by atoms with Crippen molar-refractivity contribution >= 4 is 35.0 Å². The van der Waals surface area contributed by atoms with Crippen molar-refractivity contribution < 1.29 is 9.53 Å². The van der Waals surface area contributed by atoms with Crippen LogP contribution in [0.15, 0.2) is 60.8 Å². The van der Waals surface area contributed by atoms with E-state index in [1.54, 1.807) is 42.6 Å². The van der Waals surface area contributed by atoms with Gasteiger partial charge in [-0.1, -0.05) is 24.2 Å². The van der Waals surface area contributed by atoms with Crippen molar-refractivity contribution in [3.8, 4) is 11.6 Å². The van der Waals surface area contributed by atoms with Crippen LogP contribution in [0.1, 0.15) is 5.69 Å². The predicted molar refractivity (Wildman–Crippen MR) is 108 cm³/mol. The predicted octanol–water partition coefficient (Wildman–Crippen LogP) is 3.23. The van der Waals surface area contributed by atoms with Gasteiger partial charge in [0, 0.05) is 36.0 Å². The maximum Gasteiger partial charge on any atom is 0.244 e. The van der Waals surface area contributed by atoms with Crippen LogP contribution in [-0.2, 0) is 11.2 Å². The van der Waals surface area contributed by atoms with Gasteiger partial charge < -0.3 is 21.5 Å². The lowest BCUT2D eigenvalue weighted by Crippen LogP contribution is -2.15. The molecule has 0 aliphatic heterocycles. The number of rotatable bonds is 7. The molecule has 2 heterocycles. The highest BCUT2D eigenvalue weighted by molar-refractivity contribution is 6.32. The Balaban J connectivity index is 1.76. The van der Waals surface area contributed by atoms with E-state index in [2.05, 4.69) is 26.8 Å². The normalized spacial score (nSPS) is 10.3. The molecular weight excluding hydrogens is 380 g/mol. The summed E-state index contributed by atoms with van der Waals surface area (Å²) in [6.45, 7) is 3.62. The van der Waals surface area contributed by atoms with Gasteiger partial charge in [-0.15, -0.1) is 0 Å². The van der Waals surface area contributed by atoms with Crippen LogP contribution in [0.2, 0.25) is 5.02 Å². The zero-order valence-corrected chi connectivity index (χ0v) is 15.5. The highest BCUT2D eigenvalue weighted by Gasteiger charge is 2.10. The number of aromatic nitrogens is 3. The van der Waals surface area contributed by atoms with Crippen LogP contribution in [0.25, 0.3) is 0 Å². The standard InChI is InChI=1S/C19H17ClN6O2/c1-11(18(21)27)8-13-10-16(26-19(22)25-13)24-12-5-6-15(14(20)9-12)28-17-4-2-3-7-23-17/h2-7,9-10H,1,8H2,(H2,21,27)(H3,22,24,25,26). The van der Waals surface area contributed by atoms with Gasteiger partial charge in [0.05, 0.1) is 10.7 Å². The molecule has 1 aromatic carbocycles. The molecule has 28 heavy (non-hydrogen) atoms. The zero-order chi connectivity index (χ0) is 20.1. The summed E-state index contributed by atoms with van der Waals surface area (Å²) >= 11 is 6.30. The van der Waals surface area contributed by atoms with E-state index in [9.17, 15) is 4.79 Å². The van der Waals surface area contributed by atoms with Crippen molar-refractivity contribution in [2.24, 2.45) is 5.73 Å². The monoisotopic (exact) mass is 396 g/mol. The molecule has 3 aromatic rings. The van der Waals surface area contributed by atoms with Gasteiger partial charge in [-0.05, 0) is 24.3 Å². The molecule has 1 amide bonds. The van der Waals surface area contributed by atoms with Crippen LogP contribution in [0.5, 0.6) is 11.6 Å². The number of primary amides is 1. The first-order valence-electron chi connectivity index (χ1n) is 8.17.